The molecule has 0 aromatic rings. The highest BCUT2D eigenvalue weighted by Crippen LogP contribution is 2.06. The van der Waals surface area contributed by atoms with E-state index in [1.54, 1.807) is 0 Å². The van der Waals surface area contributed by atoms with Crippen molar-refractivity contribution in [2.24, 2.45) is 0 Å². The molecule has 0 fully saturated rings. The average molecular weight is 274 g/mol. The zero-order valence-corrected chi connectivity index (χ0v) is 12.6. The molecule has 1 N–H and O–H groups in total. The van der Waals surface area contributed by atoms with Gasteiger partial charge in [-0.25, -0.2) is 0 Å². The smallest absolute Gasteiger partial charge is 0.303 e. The maximum absolute atomic E-state index is 10.3. The van der Waals surface area contributed by atoms with Crippen molar-refractivity contribution in [3.63, 3.8) is 0 Å². The van der Waals surface area contributed by atoms with Gasteiger partial charge in [0.25, 0.3) is 0 Å². The van der Waals surface area contributed by atoms with Gasteiger partial charge in [0.05, 0.1) is 0 Å². The SMILES string of the molecule is CCCC/C=C/C#CC#CCCCCCCCC(=O)O. The van der Waals surface area contributed by atoms with Gasteiger partial charge in [0.15, 0.2) is 0 Å². The molecule has 0 aromatic heterocycles. The van der Waals surface area contributed by atoms with Gasteiger partial charge in [0.1, 0.15) is 0 Å². The van der Waals surface area contributed by atoms with Crippen LogP contribution in [0.4, 0.5) is 0 Å². The minimum Gasteiger partial charge on any atom is -0.481 e. The first-order chi connectivity index (χ1) is 9.77. The Balaban J connectivity index is 3.39. The molecule has 110 valence electrons. The Bertz CT molecular complexity index is 385. The molecule has 2 nitrogen and oxygen atoms in total. The Morgan fingerprint density at radius 3 is 2.55 bits per heavy atom. The van der Waals surface area contributed by atoms with Gasteiger partial charge in [-0.3, -0.25) is 4.79 Å². The predicted molar refractivity (Wildman–Crippen MR) is 84.2 cm³/mol. The van der Waals surface area contributed by atoms with Crippen LogP contribution >= 0.6 is 0 Å². The van der Waals surface area contributed by atoms with Gasteiger partial charge in [-0.1, -0.05) is 56.9 Å². The molecule has 0 spiro atoms. The summed E-state index contributed by atoms with van der Waals surface area (Å²) in [5, 5.41) is 8.48. The van der Waals surface area contributed by atoms with E-state index in [1.807, 2.05) is 6.08 Å². The van der Waals surface area contributed by atoms with E-state index in [-0.39, 0.29) is 0 Å². The van der Waals surface area contributed by atoms with Crippen molar-refractivity contribution in [3.8, 4) is 23.7 Å². The van der Waals surface area contributed by atoms with Crippen molar-refractivity contribution >= 4 is 5.97 Å². The molecule has 0 heterocycles. The van der Waals surface area contributed by atoms with Crippen LogP contribution in [0.2, 0.25) is 0 Å². The third kappa shape index (κ3) is 16.3. The van der Waals surface area contributed by atoms with Crippen LogP contribution in [0.1, 0.15) is 71.1 Å². The highest BCUT2D eigenvalue weighted by atomic mass is 16.4. The number of hydrogen-bond donors (Lipinski definition) is 1. The lowest BCUT2D eigenvalue weighted by Gasteiger charge is -1.96. The first-order valence-corrected chi connectivity index (χ1v) is 7.62. The van der Waals surface area contributed by atoms with Crippen LogP contribution in [-0.4, -0.2) is 11.1 Å². The van der Waals surface area contributed by atoms with Gasteiger partial charge in [0.2, 0.25) is 0 Å². The Hall–Kier alpha value is -1.67. The number of carboxylic acid groups (broad SMARTS) is 1. The van der Waals surface area contributed by atoms with E-state index < -0.39 is 5.97 Å². The first-order valence-electron chi connectivity index (χ1n) is 7.62. The second-order valence-corrected chi connectivity index (χ2v) is 4.78. The third-order valence-electron chi connectivity index (χ3n) is 2.84. The van der Waals surface area contributed by atoms with Crippen LogP contribution in [-0.2, 0) is 4.79 Å². The van der Waals surface area contributed by atoms with Crippen LogP contribution in [0.25, 0.3) is 0 Å². The van der Waals surface area contributed by atoms with Crippen molar-refractivity contribution in [1.82, 2.24) is 0 Å². The molecule has 0 saturated heterocycles. The lowest BCUT2D eigenvalue weighted by atomic mass is 10.1. The monoisotopic (exact) mass is 274 g/mol. The van der Waals surface area contributed by atoms with Crippen LogP contribution in [0.3, 0.4) is 0 Å². The summed E-state index contributed by atoms with van der Waals surface area (Å²) in [6.07, 6.45) is 13.8. The van der Waals surface area contributed by atoms with Crippen LogP contribution in [0.15, 0.2) is 12.2 Å². The fraction of sp³-hybridized carbons (Fsp3) is 0.611. The van der Waals surface area contributed by atoms with Crippen molar-refractivity contribution in [2.45, 2.75) is 71.1 Å². The van der Waals surface area contributed by atoms with Crippen molar-refractivity contribution < 1.29 is 9.90 Å². The maximum Gasteiger partial charge on any atom is 0.303 e. The molecule has 0 aliphatic heterocycles. The predicted octanol–water partition coefficient (Wildman–Crippen LogP) is 4.55. The summed E-state index contributed by atoms with van der Waals surface area (Å²) in [5.74, 6) is 10.9. The maximum atomic E-state index is 10.3. The molecule has 0 radical (unpaired) electrons. The second-order valence-electron chi connectivity index (χ2n) is 4.78. The Morgan fingerprint density at radius 1 is 1.05 bits per heavy atom. The number of unbranched alkanes of at least 4 members (excludes halogenated alkanes) is 7. The van der Waals surface area contributed by atoms with E-state index in [1.165, 1.54) is 12.8 Å². The topological polar surface area (TPSA) is 37.3 Å². The number of allylic oxidation sites excluding steroid dienone is 2. The Labute approximate surface area is 123 Å². The van der Waals surface area contributed by atoms with Crippen LogP contribution in [0.5, 0.6) is 0 Å². The lowest BCUT2D eigenvalue weighted by Crippen LogP contribution is -1.93. The Kier molecular flexibility index (Phi) is 14.1. The number of hydrogen-bond acceptors (Lipinski definition) is 1. The minimum absolute atomic E-state index is 0.293. The van der Waals surface area contributed by atoms with E-state index in [0.29, 0.717) is 6.42 Å². The molecule has 0 aromatic carbocycles. The Morgan fingerprint density at radius 2 is 1.80 bits per heavy atom. The fourth-order valence-electron chi connectivity index (χ4n) is 1.67. The summed E-state index contributed by atoms with van der Waals surface area (Å²) in [6.45, 7) is 2.18. The summed E-state index contributed by atoms with van der Waals surface area (Å²) in [4.78, 5) is 10.3. The highest BCUT2D eigenvalue weighted by molar-refractivity contribution is 5.66. The molecule has 2 heteroatoms. The molecule has 0 atom stereocenters. The normalized spacial score (nSPS) is 9.65. The zero-order valence-electron chi connectivity index (χ0n) is 12.6. The quantitative estimate of drug-likeness (QED) is 0.468. The number of rotatable bonds is 10. The molecule has 0 amide bonds. The average Bonchev–Trinajstić information content (AvgIpc) is 2.43. The van der Waals surface area contributed by atoms with Gasteiger partial charge in [0, 0.05) is 12.8 Å². The molecular formula is C18H26O2. The van der Waals surface area contributed by atoms with Gasteiger partial charge in [-0.2, -0.15) is 0 Å². The van der Waals surface area contributed by atoms with E-state index >= 15 is 0 Å². The zero-order chi connectivity index (χ0) is 14.9. The third-order valence-corrected chi connectivity index (χ3v) is 2.84. The molecule has 0 saturated carbocycles. The largest absolute Gasteiger partial charge is 0.481 e. The van der Waals surface area contributed by atoms with Crippen LogP contribution in [0, 0.1) is 23.7 Å². The number of carboxylic acids is 1. The standard InChI is InChI=1S/C18H26O2/c1-2-3-4-5-6-7-8-9-10-11-12-13-14-15-16-17-18(19)20/h5-6H,2-4,11-17H2,1H3,(H,19,20)/b6-5+. The highest BCUT2D eigenvalue weighted by Gasteiger charge is 1.95. The molecular weight excluding hydrogens is 248 g/mol. The molecule has 0 aliphatic carbocycles. The van der Waals surface area contributed by atoms with E-state index in [9.17, 15) is 4.79 Å². The summed E-state index contributed by atoms with van der Waals surface area (Å²) in [6, 6.07) is 0. The summed E-state index contributed by atoms with van der Waals surface area (Å²) < 4.78 is 0. The molecule has 0 bridgehead atoms. The molecule has 20 heavy (non-hydrogen) atoms. The van der Waals surface area contributed by atoms with Gasteiger partial charge >= 0.3 is 5.97 Å². The van der Waals surface area contributed by atoms with Crippen molar-refractivity contribution in [1.29, 1.82) is 0 Å². The van der Waals surface area contributed by atoms with E-state index in [2.05, 4.69) is 36.7 Å². The van der Waals surface area contributed by atoms with E-state index in [0.717, 1.165) is 44.9 Å². The minimum atomic E-state index is -0.696. The number of aliphatic carboxylic acids is 1. The van der Waals surface area contributed by atoms with Gasteiger partial charge < -0.3 is 5.11 Å². The fourth-order valence-corrected chi connectivity index (χ4v) is 1.67. The van der Waals surface area contributed by atoms with Crippen molar-refractivity contribution in [3.05, 3.63) is 12.2 Å². The van der Waals surface area contributed by atoms with E-state index in [4.69, 9.17) is 5.11 Å². The molecule has 0 rings (SSSR count). The first kappa shape index (κ1) is 18.3. The number of carbonyl (C=O) groups is 1. The van der Waals surface area contributed by atoms with Crippen LogP contribution < -0.4 is 0 Å². The summed E-state index contributed by atoms with van der Waals surface area (Å²) >= 11 is 0. The molecule has 0 unspecified atom stereocenters. The molecule has 0 aliphatic rings. The summed E-state index contributed by atoms with van der Waals surface area (Å²) in [5.41, 5.74) is 0. The lowest BCUT2D eigenvalue weighted by molar-refractivity contribution is -0.137. The van der Waals surface area contributed by atoms with Crippen molar-refractivity contribution in [2.75, 3.05) is 0 Å². The van der Waals surface area contributed by atoms with Gasteiger partial charge in [-0.15, -0.1) is 0 Å². The second kappa shape index (κ2) is 15.4. The summed E-state index contributed by atoms with van der Waals surface area (Å²) in [7, 11) is 0. The van der Waals surface area contributed by atoms with Gasteiger partial charge in [-0.05, 0) is 37.2 Å².